The molecule has 0 spiro atoms. The number of nitrogens with zero attached hydrogens (tertiary/aromatic N) is 3. The van der Waals surface area contributed by atoms with E-state index in [9.17, 15) is 13.2 Å². The number of aromatic nitrogens is 2. The van der Waals surface area contributed by atoms with Gasteiger partial charge in [0.2, 0.25) is 10.0 Å². The number of piperidine rings is 1. The highest BCUT2D eigenvalue weighted by molar-refractivity contribution is 7.89. The maximum atomic E-state index is 12.7. The minimum atomic E-state index is -3.74. The Morgan fingerprint density at radius 2 is 2.04 bits per heavy atom. The van der Waals surface area contributed by atoms with Crippen LogP contribution in [0.15, 0.2) is 47.6 Å². The molecule has 8 nitrogen and oxygen atoms in total. The number of likely N-dealkylation sites (tertiary alicyclic amines) is 1. The lowest BCUT2D eigenvalue weighted by atomic mass is 10.00. The molecular weight excluding hydrogens is 354 g/mol. The van der Waals surface area contributed by atoms with E-state index >= 15 is 0 Å². The highest BCUT2D eigenvalue weighted by Crippen LogP contribution is 2.22. The van der Waals surface area contributed by atoms with Crippen LogP contribution in [-0.4, -0.2) is 41.7 Å². The summed E-state index contributed by atoms with van der Waals surface area (Å²) in [5, 5.41) is 12.1. The van der Waals surface area contributed by atoms with Crippen LogP contribution in [0, 0.1) is 0 Å². The predicted octanol–water partition coefficient (Wildman–Crippen LogP) is 2.01. The molecule has 26 heavy (non-hydrogen) atoms. The summed E-state index contributed by atoms with van der Waals surface area (Å²) in [4.78, 5) is 14.6. The van der Waals surface area contributed by atoms with E-state index in [0.29, 0.717) is 12.2 Å². The number of aryl methyl sites for hydroxylation is 1. The molecule has 0 radical (unpaired) electrons. The van der Waals surface area contributed by atoms with E-state index in [0.717, 1.165) is 32.2 Å². The first-order chi connectivity index (χ1) is 12.4. The van der Waals surface area contributed by atoms with Crippen molar-refractivity contribution < 1.29 is 13.2 Å². The summed E-state index contributed by atoms with van der Waals surface area (Å²) >= 11 is 0. The van der Waals surface area contributed by atoms with E-state index in [1.54, 1.807) is 18.3 Å². The van der Waals surface area contributed by atoms with Gasteiger partial charge in [0.25, 0.3) is 0 Å². The molecule has 1 aliphatic heterocycles. The summed E-state index contributed by atoms with van der Waals surface area (Å²) in [6, 6.07) is 7.74. The van der Waals surface area contributed by atoms with Crippen LogP contribution >= 0.6 is 0 Å². The Hall–Kier alpha value is -2.39. The molecule has 1 atom stereocenters. The molecule has 9 heteroatoms. The Morgan fingerprint density at radius 3 is 2.69 bits per heavy atom. The van der Waals surface area contributed by atoms with Crippen molar-refractivity contribution in [3.05, 3.63) is 42.7 Å². The number of carbonyl (C=O) groups is 1. The van der Waals surface area contributed by atoms with Gasteiger partial charge in [0.1, 0.15) is 0 Å². The molecule has 0 bridgehead atoms. The number of carbonyl (C=O) groups excluding carboxylic acids is 1. The summed E-state index contributed by atoms with van der Waals surface area (Å²) in [7, 11) is -3.74. The van der Waals surface area contributed by atoms with Crippen molar-refractivity contribution in [2.45, 2.75) is 43.2 Å². The lowest BCUT2D eigenvalue weighted by molar-refractivity contribution is 0.154. The molecule has 3 N–H and O–H groups in total. The number of hydrogen-bond acceptors (Lipinski definition) is 4. The van der Waals surface area contributed by atoms with Gasteiger partial charge in [0.05, 0.1) is 4.90 Å². The highest BCUT2D eigenvalue weighted by Gasteiger charge is 2.26. The largest absolute Gasteiger partial charge is 0.322 e. The predicted molar refractivity (Wildman–Crippen MR) is 98.0 cm³/mol. The molecular formula is C17H23N5O3S. The van der Waals surface area contributed by atoms with Crippen molar-refractivity contribution in [1.82, 2.24) is 14.7 Å². The van der Waals surface area contributed by atoms with Crippen LogP contribution in [0.1, 0.15) is 25.7 Å². The average molecular weight is 377 g/mol. The normalized spacial score (nSPS) is 17.9. The second kappa shape index (κ2) is 7.88. The second-order valence-electron chi connectivity index (χ2n) is 6.40. The van der Waals surface area contributed by atoms with Crippen molar-refractivity contribution in [2.75, 3.05) is 11.9 Å². The Balaban J connectivity index is 1.62. The van der Waals surface area contributed by atoms with Crippen LogP contribution in [0.3, 0.4) is 0 Å². The topological polar surface area (TPSA) is 110 Å². The van der Waals surface area contributed by atoms with Crippen LogP contribution in [0.5, 0.6) is 0 Å². The van der Waals surface area contributed by atoms with E-state index in [1.807, 2.05) is 21.8 Å². The van der Waals surface area contributed by atoms with Crippen LogP contribution in [-0.2, 0) is 16.6 Å². The van der Waals surface area contributed by atoms with E-state index in [4.69, 9.17) is 5.14 Å². The fourth-order valence-electron chi connectivity index (χ4n) is 3.21. The van der Waals surface area contributed by atoms with Crippen LogP contribution < -0.4 is 10.5 Å². The average Bonchev–Trinajstić information content (AvgIpc) is 3.13. The number of primary sulfonamides is 1. The maximum Gasteiger partial charge on any atom is 0.322 e. The van der Waals surface area contributed by atoms with Gasteiger partial charge in [-0.3, -0.25) is 4.68 Å². The number of amides is 2. The fourth-order valence-corrected chi connectivity index (χ4v) is 3.72. The molecule has 140 valence electrons. The van der Waals surface area contributed by atoms with E-state index in [1.165, 1.54) is 12.1 Å². The lowest BCUT2D eigenvalue weighted by Crippen LogP contribution is -2.46. The van der Waals surface area contributed by atoms with Crippen molar-refractivity contribution in [2.24, 2.45) is 5.14 Å². The fraction of sp³-hybridized carbons (Fsp3) is 0.412. The number of anilines is 1. The third kappa shape index (κ3) is 4.61. The Labute approximate surface area is 153 Å². The number of rotatable bonds is 5. The van der Waals surface area contributed by atoms with Crippen molar-refractivity contribution in [3.63, 3.8) is 0 Å². The van der Waals surface area contributed by atoms with Crippen molar-refractivity contribution >= 4 is 21.7 Å². The zero-order chi connectivity index (χ0) is 18.6. The summed E-state index contributed by atoms with van der Waals surface area (Å²) in [5.41, 5.74) is 0.541. The summed E-state index contributed by atoms with van der Waals surface area (Å²) in [5.74, 6) is 0. The number of hydrogen-bond donors (Lipinski definition) is 2. The van der Waals surface area contributed by atoms with Gasteiger partial charge in [-0.15, -0.1) is 0 Å². The number of urea groups is 1. The molecule has 0 aliphatic carbocycles. The van der Waals surface area contributed by atoms with Gasteiger partial charge in [0.15, 0.2) is 0 Å². The zero-order valence-corrected chi connectivity index (χ0v) is 15.2. The first-order valence-electron chi connectivity index (χ1n) is 8.61. The second-order valence-corrected chi connectivity index (χ2v) is 7.96. The molecule has 1 aliphatic rings. The molecule has 2 heterocycles. The molecule has 1 saturated heterocycles. The van der Waals surface area contributed by atoms with E-state index in [2.05, 4.69) is 10.4 Å². The number of nitrogens with one attached hydrogen (secondary N) is 1. The first kappa shape index (κ1) is 18.4. The molecule has 1 aromatic heterocycles. The number of sulfonamides is 1. The van der Waals surface area contributed by atoms with Gasteiger partial charge in [-0.25, -0.2) is 18.4 Å². The molecule has 1 fully saturated rings. The summed E-state index contributed by atoms with van der Waals surface area (Å²) in [6.45, 7) is 1.48. The molecule has 2 amide bonds. The molecule has 3 rings (SSSR count). The lowest BCUT2D eigenvalue weighted by Gasteiger charge is -2.35. The molecule has 0 unspecified atom stereocenters. The van der Waals surface area contributed by atoms with Crippen molar-refractivity contribution in [3.8, 4) is 0 Å². The third-order valence-corrected chi connectivity index (χ3v) is 5.50. The molecule has 1 aromatic carbocycles. The minimum absolute atomic E-state index is 0.0190. The zero-order valence-electron chi connectivity index (χ0n) is 14.4. The quantitative estimate of drug-likeness (QED) is 0.830. The molecule has 2 aromatic rings. The van der Waals surface area contributed by atoms with Gasteiger partial charge in [-0.2, -0.15) is 5.10 Å². The summed E-state index contributed by atoms with van der Waals surface area (Å²) in [6.07, 6.45) is 7.57. The smallest absolute Gasteiger partial charge is 0.321 e. The van der Waals surface area contributed by atoms with Crippen LogP contribution in [0.4, 0.5) is 10.5 Å². The monoisotopic (exact) mass is 377 g/mol. The summed E-state index contributed by atoms with van der Waals surface area (Å²) < 4.78 is 24.5. The van der Waals surface area contributed by atoms with Gasteiger partial charge < -0.3 is 10.2 Å². The van der Waals surface area contributed by atoms with Crippen LogP contribution in [0.25, 0.3) is 0 Å². The maximum absolute atomic E-state index is 12.7. The van der Waals surface area contributed by atoms with Crippen molar-refractivity contribution in [1.29, 1.82) is 0 Å². The number of nitrogens with two attached hydrogens (primary N) is 1. The first-order valence-corrected chi connectivity index (χ1v) is 10.2. The minimum Gasteiger partial charge on any atom is -0.321 e. The Kier molecular flexibility index (Phi) is 5.58. The van der Waals surface area contributed by atoms with Gasteiger partial charge in [0, 0.05) is 37.2 Å². The highest BCUT2D eigenvalue weighted by atomic mass is 32.2. The van der Waals surface area contributed by atoms with Gasteiger partial charge >= 0.3 is 6.03 Å². The standard InChI is InChI=1S/C17H23N5O3S/c18-26(24,25)16-7-5-14(6-8-16)20-17(23)22-12-2-1-4-15(22)9-13-21-11-3-10-19-21/h3,5-8,10-11,15H,1-2,4,9,12-13H2,(H,20,23)(H2,18,24,25)/t15-/m0/s1. The van der Waals surface area contributed by atoms with E-state index < -0.39 is 10.0 Å². The third-order valence-electron chi connectivity index (χ3n) is 4.57. The SMILES string of the molecule is NS(=O)(=O)c1ccc(NC(=O)N2CCCC[C@H]2CCn2cccn2)cc1. The Bertz CT molecular complexity index is 834. The number of benzene rings is 1. The van der Waals surface area contributed by atoms with Crippen LogP contribution in [0.2, 0.25) is 0 Å². The Morgan fingerprint density at radius 1 is 1.27 bits per heavy atom. The van der Waals surface area contributed by atoms with Gasteiger partial charge in [-0.05, 0) is 56.0 Å². The van der Waals surface area contributed by atoms with Gasteiger partial charge in [-0.1, -0.05) is 0 Å². The molecule has 0 saturated carbocycles. The van der Waals surface area contributed by atoms with E-state index in [-0.39, 0.29) is 17.0 Å².